The third kappa shape index (κ3) is 3.56. The van der Waals surface area contributed by atoms with E-state index in [2.05, 4.69) is 11.4 Å². The second-order valence-electron chi connectivity index (χ2n) is 4.28. The molecule has 0 aliphatic carbocycles. The molecule has 0 radical (unpaired) electrons. The zero-order chi connectivity index (χ0) is 13.5. The molecule has 0 saturated heterocycles. The molecule has 1 heterocycles. The van der Waals surface area contributed by atoms with E-state index in [1.807, 2.05) is 32.2 Å². The van der Waals surface area contributed by atoms with E-state index in [0.717, 1.165) is 29.9 Å². The van der Waals surface area contributed by atoms with Gasteiger partial charge in [-0.3, -0.25) is 0 Å². The zero-order valence-corrected chi connectivity index (χ0v) is 11.6. The molecule has 0 unspecified atom stereocenters. The van der Waals surface area contributed by atoms with E-state index in [0.29, 0.717) is 19.8 Å². The van der Waals surface area contributed by atoms with E-state index in [4.69, 9.17) is 13.9 Å². The maximum Gasteiger partial charge on any atom is 0.135 e. The van der Waals surface area contributed by atoms with Crippen LogP contribution in [0.25, 0.3) is 11.0 Å². The average molecular weight is 263 g/mol. The molecule has 4 nitrogen and oxygen atoms in total. The van der Waals surface area contributed by atoms with Gasteiger partial charge in [0.05, 0.1) is 13.2 Å². The minimum absolute atomic E-state index is 0.485. The van der Waals surface area contributed by atoms with Crippen LogP contribution in [0.5, 0.6) is 0 Å². The Bertz CT molecular complexity index is 507. The minimum atomic E-state index is 0.485. The molecule has 0 aliphatic rings. The standard InChI is InChI=1S/C15H21NO3/c1-3-17-8-9-18-11-15-13(10-16-2)12-6-4-5-7-14(12)19-15/h4-7,16H,3,8-11H2,1-2H3. The highest BCUT2D eigenvalue weighted by molar-refractivity contribution is 5.82. The van der Waals surface area contributed by atoms with Gasteiger partial charge in [-0.25, -0.2) is 0 Å². The molecule has 1 N–H and O–H groups in total. The van der Waals surface area contributed by atoms with Crippen molar-refractivity contribution in [1.82, 2.24) is 5.32 Å². The fourth-order valence-electron chi connectivity index (χ4n) is 2.06. The van der Waals surface area contributed by atoms with Crippen molar-refractivity contribution in [2.24, 2.45) is 0 Å². The highest BCUT2D eigenvalue weighted by atomic mass is 16.5. The number of rotatable bonds is 8. The van der Waals surface area contributed by atoms with Crippen molar-refractivity contribution < 1.29 is 13.9 Å². The van der Waals surface area contributed by atoms with Gasteiger partial charge in [0.25, 0.3) is 0 Å². The third-order valence-corrected chi connectivity index (χ3v) is 2.94. The van der Waals surface area contributed by atoms with Crippen molar-refractivity contribution in [3.63, 3.8) is 0 Å². The molecule has 4 heteroatoms. The molecule has 0 spiro atoms. The summed E-state index contributed by atoms with van der Waals surface area (Å²) in [6.45, 7) is 5.17. The highest BCUT2D eigenvalue weighted by Crippen LogP contribution is 2.26. The van der Waals surface area contributed by atoms with Crippen molar-refractivity contribution in [3.8, 4) is 0 Å². The summed E-state index contributed by atoms with van der Waals surface area (Å²) in [5, 5.41) is 4.33. The Morgan fingerprint density at radius 3 is 2.74 bits per heavy atom. The van der Waals surface area contributed by atoms with Gasteiger partial charge in [-0.05, 0) is 20.0 Å². The zero-order valence-electron chi connectivity index (χ0n) is 11.6. The van der Waals surface area contributed by atoms with E-state index < -0.39 is 0 Å². The lowest BCUT2D eigenvalue weighted by Gasteiger charge is -2.05. The Hall–Kier alpha value is -1.36. The molecule has 0 aliphatic heterocycles. The summed E-state index contributed by atoms with van der Waals surface area (Å²) in [5.74, 6) is 0.895. The lowest BCUT2D eigenvalue weighted by molar-refractivity contribution is 0.0391. The number of benzene rings is 1. The number of furan rings is 1. The van der Waals surface area contributed by atoms with Gasteiger partial charge in [0.1, 0.15) is 18.0 Å². The maximum atomic E-state index is 5.85. The SMILES string of the molecule is CCOCCOCc1oc2ccccc2c1CNC. The Balaban J connectivity index is 2.06. The molecular formula is C15H21NO3. The summed E-state index contributed by atoms with van der Waals surface area (Å²) in [4.78, 5) is 0. The molecule has 0 fully saturated rings. The van der Waals surface area contributed by atoms with E-state index in [9.17, 15) is 0 Å². The van der Waals surface area contributed by atoms with Crippen LogP contribution in [0.15, 0.2) is 28.7 Å². The minimum Gasteiger partial charge on any atom is -0.458 e. The smallest absolute Gasteiger partial charge is 0.135 e. The van der Waals surface area contributed by atoms with Crippen LogP contribution in [-0.2, 0) is 22.6 Å². The summed E-state index contributed by atoms with van der Waals surface area (Å²) < 4.78 is 16.7. The predicted molar refractivity (Wildman–Crippen MR) is 75.1 cm³/mol. The van der Waals surface area contributed by atoms with Gasteiger partial charge in [0.15, 0.2) is 0 Å². The Labute approximate surface area is 113 Å². The van der Waals surface area contributed by atoms with E-state index >= 15 is 0 Å². The number of hydrogen-bond donors (Lipinski definition) is 1. The van der Waals surface area contributed by atoms with Gasteiger partial charge in [-0.1, -0.05) is 18.2 Å². The molecule has 1 aromatic carbocycles. The van der Waals surface area contributed by atoms with Gasteiger partial charge < -0.3 is 19.2 Å². The summed E-state index contributed by atoms with van der Waals surface area (Å²) in [6, 6.07) is 8.07. The number of fused-ring (bicyclic) bond motifs is 1. The molecule has 0 saturated carbocycles. The topological polar surface area (TPSA) is 43.6 Å². The molecule has 19 heavy (non-hydrogen) atoms. The molecule has 2 rings (SSSR count). The van der Waals surface area contributed by atoms with Crippen LogP contribution in [0.2, 0.25) is 0 Å². The lowest BCUT2D eigenvalue weighted by atomic mass is 10.1. The van der Waals surface area contributed by atoms with Gasteiger partial charge in [-0.15, -0.1) is 0 Å². The first kappa shape index (κ1) is 14.1. The van der Waals surface area contributed by atoms with Crippen LogP contribution in [0.3, 0.4) is 0 Å². The van der Waals surface area contributed by atoms with Gasteiger partial charge >= 0.3 is 0 Å². The van der Waals surface area contributed by atoms with Crippen LogP contribution in [0.1, 0.15) is 18.2 Å². The van der Waals surface area contributed by atoms with Crippen molar-refractivity contribution in [3.05, 3.63) is 35.6 Å². The first-order valence-electron chi connectivity index (χ1n) is 6.66. The summed E-state index contributed by atoms with van der Waals surface area (Å²) in [7, 11) is 1.93. The fraction of sp³-hybridized carbons (Fsp3) is 0.467. The van der Waals surface area contributed by atoms with Gasteiger partial charge in [-0.2, -0.15) is 0 Å². The monoisotopic (exact) mass is 263 g/mol. The van der Waals surface area contributed by atoms with E-state index in [-0.39, 0.29) is 0 Å². The normalized spacial score (nSPS) is 11.3. The average Bonchev–Trinajstić information content (AvgIpc) is 2.78. The molecule has 0 atom stereocenters. The second-order valence-corrected chi connectivity index (χ2v) is 4.28. The largest absolute Gasteiger partial charge is 0.458 e. The van der Waals surface area contributed by atoms with Crippen molar-refractivity contribution in [1.29, 1.82) is 0 Å². The molecular weight excluding hydrogens is 242 g/mol. The number of para-hydroxylation sites is 1. The van der Waals surface area contributed by atoms with Crippen LogP contribution >= 0.6 is 0 Å². The highest BCUT2D eigenvalue weighted by Gasteiger charge is 2.12. The van der Waals surface area contributed by atoms with Crippen LogP contribution in [0, 0.1) is 0 Å². The van der Waals surface area contributed by atoms with E-state index in [1.165, 1.54) is 5.56 Å². The molecule has 2 aromatic rings. The molecule has 1 aromatic heterocycles. The van der Waals surface area contributed by atoms with Crippen molar-refractivity contribution in [2.75, 3.05) is 26.9 Å². The predicted octanol–water partition coefficient (Wildman–Crippen LogP) is 2.71. The Morgan fingerprint density at radius 1 is 1.16 bits per heavy atom. The summed E-state index contributed by atoms with van der Waals surface area (Å²) in [6.07, 6.45) is 0. The Kier molecular flexibility index (Phi) is 5.39. The van der Waals surface area contributed by atoms with Crippen LogP contribution < -0.4 is 5.32 Å². The van der Waals surface area contributed by atoms with Crippen molar-refractivity contribution in [2.45, 2.75) is 20.1 Å². The quantitative estimate of drug-likeness (QED) is 0.744. The van der Waals surface area contributed by atoms with E-state index in [1.54, 1.807) is 0 Å². The molecule has 104 valence electrons. The molecule has 0 bridgehead atoms. The third-order valence-electron chi connectivity index (χ3n) is 2.94. The van der Waals surface area contributed by atoms with Crippen LogP contribution in [-0.4, -0.2) is 26.9 Å². The second kappa shape index (κ2) is 7.28. The van der Waals surface area contributed by atoms with Crippen molar-refractivity contribution >= 4 is 11.0 Å². The Morgan fingerprint density at radius 2 is 1.95 bits per heavy atom. The van der Waals surface area contributed by atoms with Gasteiger partial charge in [0.2, 0.25) is 0 Å². The van der Waals surface area contributed by atoms with Crippen LogP contribution in [0.4, 0.5) is 0 Å². The summed E-state index contributed by atoms with van der Waals surface area (Å²) >= 11 is 0. The first-order valence-corrected chi connectivity index (χ1v) is 6.66. The number of hydrogen-bond acceptors (Lipinski definition) is 4. The maximum absolute atomic E-state index is 5.85. The lowest BCUT2D eigenvalue weighted by Crippen LogP contribution is -2.08. The first-order chi connectivity index (χ1) is 9.36. The van der Waals surface area contributed by atoms with Gasteiger partial charge in [0, 0.05) is 24.1 Å². The summed E-state index contributed by atoms with van der Waals surface area (Å²) in [5.41, 5.74) is 2.09. The number of nitrogens with one attached hydrogen (secondary N) is 1. The fourth-order valence-corrected chi connectivity index (χ4v) is 2.06. The number of ether oxygens (including phenoxy) is 2. The molecule has 0 amide bonds.